The molecule has 0 N–H and O–H groups in total. The summed E-state index contributed by atoms with van der Waals surface area (Å²) >= 11 is 0. The lowest BCUT2D eigenvalue weighted by molar-refractivity contribution is 0.383. The lowest BCUT2D eigenvalue weighted by Gasteiger charge is -2.34. The predicted molar refractivity (Wildman–Crippen MR) is 103 cm³/mol. The van der Waals surface area contributed by atoms with Crippen molar-refractivity contribution in [3.05, 3.63) is 66.7 Å². The fourth-order valence-electron chi connectivity index (χ4n) is 3.22. The standard InChI is InChI=1S/C19H18N6O2S/c20-14-16-5-1-2-6-17(16)28(26,27)25-11-9-24(10-12-25)19-13-18(21-15-22-19)23-7-3-4-8-23/h1-8,13,15H,9-12H2. The number of sulfonamides is 1. The Kier molecular flexibility index (Phi) is 4.81. The molecule has 1 aliphatic heterocycles. The van der Waals surface area contributed by atoms with Crippen LogP contribution in [0.1, 0.15) is 5.56 Å². The molecule has 0 atom stereocenters. The molecule has 8 nitrogen and oxygen atoms in total. The molecule has 142 valence electrons. The van der Waals surface area contributed by atoms with Crippen LogP contribution >= 0.6 is 0 Å². The van der Waals surface area contributed by atoms with E-state index in [0.29, 0.717) is 26.2 Å². The zero-order chi connectivity index (χ0) is 19.6. The summed E-state index contributed by atoms with van der Waals surface area (Å²) in [5.41, 5.74) is 0.164. The van der Waals surface area contributed by atoms with Crippen molar-refractivity contribution in [3.8, 4) is 11.9 Å². The highest BCUT2D eigenvalue weighted by atomic mass is 32.2. The van der Waals surface area contributed by atoms with Crippen molar-refractivity contribution in [1.82, 2.24) is 18.8 Å². The number of rotatable bonds is 4. The number of nitriles is 1. The molecule has 9 heteroatoms. The Morgan fingerprint density at radius 3 is 2.32 bits per heavy atom. The molecule has 3 aromatic rings. The molecule has 0 radical (unpaired) electrons. The molecule has 0 spiro atoms. The molecule has 1 saturated heterocycles. The average Bonchev–Trinajstić information content (AvgIpc) is 3.29. The third-order valence-electron chi connectivity index (χ3n) is 4.70. The number of piperazine rings is 1. The highest BCUT2D eigenvalue weighted by Crippen LogP contribution is 2.23. The summed E-state index contributed by atoms with van der Waals surface area (Å²) in [6.07, 6.45) is 5.32. The van der Waals surface area contributed by atoms with Gasteiger partial charge in [-0.1, -0.05) is 12.1 Å². The fraction of sp³-hybridized carbons (Fsp3) is 0.211. The maximum absolute atomic E-state index is 12.9. The summed E-state index contributed by atoms with van der Waals surface area (Å²) in [7, 11) is -3.71. The Morgan fingerprint density at radius 2 is 1.61 bits per heavy atom. The van der Waals surface area contributed by atoms with Crippen LogP contribution in [0.2, 0.25) is 0 Å². The zero-order valence-electron chi connectivity index (χ0n) is 15.0. The highest BCUT2D eigenvalue weighted by Gasteiger charge is 2.30. The van der Waals surface area contributed by atoms with E-state index in [2.05, 4.69) is 9.97 Å². The van der Waals surface area contributed by atoms with Crippen LogP contribution in [0.25, 0.3) is 5.82 Å². The molecule has 3 heterocycles. The molecule has 4 rings (SSSR count). The monoisotopic (exact) mass is 394 g/mol. The van der Waals surface area contributed by atoms with E-state index in [1.807, 2.05) is 46.1 Å². The van der Waals surface area contributed by atoms with E-state index < -0.39 is 10.0 Å². The molecule has 0 bridgehead atoms. The molecule has 0 aliphatic carbocycles. The van der Waals surface area contributed by atoms with Gasteiger partial charge in [0.05, 0.1) is 10.5 Å². The summed E-state index contributed by atoms with van der Waals surface area (Å²) in [6.45, 7) is 1.67. The van der Waals surface area contributed by atoms with Gasteiger partial charge in [-0.25, -0.2) is 18.4 Å². The third-order valence-corrected chi connectivity index (χ3v) is 6.65. The van der Waals surface area contributed by atoms with Crippen molar-refractivity contribution < 1.29 is 8.42 Å². The van der Waals surface area contributed by atoms with Gasteiger partial charge in [-0.05, 0) is 24.3 Å². The van der Waals surface area contributed by atoms with Crippen LogP contribution in [-0.2, 0) is 10.0 Å². The van der Waals surface area contributed by atoms with Gasteiger partial charge in [-0.3, -0.25) is 0 Å². The number of benzene rings is 1. The molecular weight excluding hydrogens is 376 g/mol. The maximum Gasteiger partial charge on any atom is 0.244 e. The van der Waals surface area contributed by atoms with Gasteiger partial charge in [0.15, 0.2) is 0 Å². The molecule has 2 aromatic heterocycles. The first-order valence-corrected chi connectivity index (χ1v) is 10.2. The average molecular weight is 394 g/mol. The number of hydrogen-bond acceptors (Lipinski definition) is 6. The molecule has 0 unspecified atom stereocenters. The SMILES string of the molecule is N#Cc1ccccc1S(=O)(=O)N1CCN(c2cc(-n3cccc3)ncn2)CC1. The van der Waals surface area contributed by atoms with Crippen molar-refractivity contribution in [2.45, 2.75) is 4.90 Å². The summed E-state index contributed by atoms with van der Waals surface area (Å²) in [6, 6.07) is 14.0. The van der Waals surface area contributed by atoms with Crippen LogP contribution in [0, 0.1) is 11.3 Å². The van der Waals surface area contributed by atoms with Crippen molar-refractivity contribution in [1.29, 1.82) is 5.26 Å². The van der Waals surface area contributed by atoms with Crippen LogP contribution in [0.3, 0.4) is 0 Å². The largest absolute Gasteiger partial charge is 0.354 e. The van der Waals surface area contributed by atoms with Gasteiger partial charge >= 0.3 is 0 Å². The lowest BCUT2D eigenvalue weighted by atomic mass is 10.2. The van der Waals surface area contributed by atoms with E-state index in [1.165, 1.54) is 22.8 Å². The van der Waals surface area contributed by atoms with Crippen LogP contribution in [0.4, 0.5) is 5.82 Å². The smallest absolute Gasteiger partial charge is 0.244 e. The van der Waals surface area contributed by atoms with Gasteiger partial charge in [-0.15, -0.1) is 0 Å². The second-order valence-corrected chi connectivity index (χ2v) is 8.23. The van der Waals surface area contributed by atoms with Gasteiger partial charge in [0.1, 0.15) is 24.0 Å². The molecule has 0 saturated carbocycles. The highest BCUT2D eigenvalue weighted by molar-refractivity contribution is 7.89. The first-order chi connectivity index (χ1) is 13.6. The van der Waals surface area contributed by atoms with E-state index in [9.17, 15) is 13.7 Å². The predicted octanol–water partition coefficient (Wildman–Crippen LogP) is 1.65. The van der Waals surface area contributed by atoms with E-state index in [4.69, 9.17) is 0 Å². The second kappa shape index (κ2) is 7.42. The quantitative estimate of drug-likeness (QED) is 0.668. The number of hydrogen-bond donors (Lipinski definition) is 0. The van der Waals surface area contributed by atoms with Crippen LogP contribution < -0.4 is 4.90 Å². The topological polar surface area (TPSA) is 95.1 Å². The molecular formula is C19H18N6O2S. The lowest BCUT2D eigenvalue weighted by Crippen LogP contribution is -2.49. The van der Waals surface area contributed by atoms with E-state index in [0.717, 1.165) is 11.6 Å². The number of anilines is 1. The number of aromatic nitrogens is 3. The van der Waals surface area contributed by atoms with Gasteiger partial charge in [0.25, 0.3) is 0 Å². The summed E-state index contributed by atoms with van der Waals surface area (Å²) in [4.78, 5) is 10.7. The minimum absolute atomic E-state index is 0.0582. The van der Waals surface area contributed by atoms with Crippen molar-refractivity contribution in [2.75, 3.05) is 31.1 Å². The van der Waals surface area contributed by atoms with Crippen LogP contribution in [-0.4, -0.2) is 53.4 Å². The number of nitrogens with zero attached hydrogens (tertiary/aromatic N) is 6. The van der Waals surface area contributed by atoms with Crippen LogP contribution in [0.5, 0.6) is 0 Å². The fourth-order valence-corrected chi connectivity index (χ4v) is 4.78. The van der Waals surface area contributed by atoms with Crippen LogP contribution in [0.15, 0.2) is 66.1 Å². The summed E-state index contributed by atoms with van der Waals surface area (Å²) < 4.78 is 29.2. The molecule has 1 aromatic carbocycles. The maximum atomic E-state index is 12.9. The Hall–Kier alpha value is -3.22. The third kappa shape index (κ3) is 3.35. The first kappa shape index (κ1) is 18.2. The minimum atomic E-state index is -3.71. The normalized spacial score (nSPS) is 15.3. The van der Waals surface area contributed by atoms with Gasteiger partial charge in [0, 0.05) is 44.6 Å². The Bertz CT molecular complexity index is 1110. The molecule has 1 fully saturated rings. The van der Waals surface area contributed by atoms with Gasteiger partial charge < -0.3 is 9.47 Å². The summed E-state index contributed by atoms with van der Waals surface area (Å²) in [5.74, 6) is 1.51. The van der Waals surface area contributed by atoms with E-state index >= 15 is 0 Å². The minimum Gasteiger partial charge on any atom is -0.354 e. The Morgan fingerprint density at radius 1 is 0.929 bits per heavy atom. The molecule has 1 aliphatic rings. The van der Waals surface area contributed by atoms with Crippen molar-refractivity contribution >= 4 is 15.8 Å². The van der Waals surface area contributed by atoms with Gasteiger partial charge in [-0.2, -0.15) is 9.57 Å². The van der Waals surface area contributed by atoms with Crippen molar-refractivity contribution in [3.63, 3.8) is 0 Å². The Balaban J connectivity index is 1.51. The zero-order valence-corrected chi connectivity index (χ0v) is 15.8. The molecule has 0 amide bonds. The van der Waals surface area contributed by atoms with Gasteiger partial charge in [0.2, 0.25) is 10.0 Å². The van der Waals surface area contributed by atoms with E-state index in [-0.39, 0.29) is 10.5 Å². The van der Waals surface area contributed by atoms with Crippen molar-refractivity contribution in [2.24, 2.45) is 0 Å². The second-order valence-electron chi connectivity index (χ2n) is 6.32. The summed E-state index contributed by atoms with van der Waals surface area (Å²) in [5, 5.41) is 9.22. The van der Waals surface area contributed by atoms with E-state index in [1.54, 1.807) is 12.1 Å². The Labute approximate surface area is 163 Å². The first-order valence-electron chi connectivity index (χ1n) is 8.79. The molecule has 28 heavy (non-hydrogen) atoms.